The summed E-state index contributed by atoms with van der Waals surface area (Å²) in [7, 11) is 1.92. The molecule has 0 aliphatic heterocycles. The first kappa shape index (κ1) is 10.1. The molecule has 1 aromatic heterocycles. The summed E-state index contributed by atoms with van der Waals surface area (Å²) in [6.45, 7) is 4.10. The number of rotatable bonds is 2. The second-order valence-corrected chi connectivity index (χ2v) is 3.46. The minimum absolute atomic E-state index is 0.219. The number of nitrogen functional groups attached to an aromatic ring is 1. The van der Waals surface area contributed by atoms with Crippen molar-refractivity contribution >= 4 is 23.1 Å². The smallest absolute Gasteiger partial charge is 0.224 e. The predicted molar refractivity (Wildman–Crippen MR) is 55.0 cm³/mol. The van der Waals surface area contributed by atoms with Crippen molar-refractivity contribution in [3.63, 3.8) is 0 Å². The monoisotopic (exact) mass is 200 g/mol. The molecule has 2 N–H and O–H groups in total. The molecule has 1 aromatic rings. The Morgan fingerprint density at radius 1 is 1.54 bits per heavy atom. The summed E-state index contributed by atoms with van der Waals surface area (Å²) in [6.07, 6.45) is 1.52. The predicted octanol–water partition coefficient (Wildman–Crippen LogP) is 1.56. The third-order valence-electron chi connectivity index (χ3n) is 1.88. The summed E-state index contributed by atoms with van der Waals surface area (Å²) in [4.78, 5) is 9.78. The van der Waals surface area contributed by atoms with Crippen molar-refractivity contribution in [1.82, 2.24) is 9.97 Å². The zero-order chi connectivity index (χ0) is 10.0. The van der Waals surface area contributed by atoms with E-state index < -0.39 is 0 Å². The van der Waals surface area contributed by atoms with E-state index in [9.17, 15) is 0 Å². The summed E-state index contributed by atoms with van der Waals surface area (Å²) >= 11 is 5.66. The topological polar surface area (TPSA) is 55.0 Å². The van der Waals surface area contributed by atoms with Gasteiger partial charge in [-0.3, -0.25) is 0 Å². The lowest BCUT2D eigenvalue weighted by atomic mass is 10.3. The van der Waals surface area contributed by atoms with Crippen molar-refractivity contribution in [2.45, 2.75) is 19.9 Å². The van der Waals surface area contributed by atoms with Gasteiger partial charge >= 0.3 is 0 Å². The van der Waals surface area contributed by atoms with E-state index >= 15 is 0 Å². The zero-order valence-electron chi connectivity index (χ0n) is 7.95. The molecule has 0 saturated carbocycles. The second kappa shape index (κ2) is 3.79. The highest BCUT2D eigenvalue weighted by atomic mass is 35.5. The van der Waals surface area contributed by atoms with E-state index in [1.807, 2.05) is 11.9 Å². The first-order valence-electron chi connectivity index (χ1n) is 4.03. The molecular weight excluding hydrogens is 188 g/mol. The SMILES string of the molecule is CC(C)N(C)c1nc(Cl)ncc1N. The highest BCUT2D eigenvalue weighted by Crippen LogP contribution is 2.20. The number of hydrogen-bond acceptors (Lipinski definition) is 4. The molecule has 5 heteroatoms. The average Bonchev–Trinajstić information content (AvgIpc) is 2.08. The maximum atomic E-state index is 5.70. The van der Waals surface area contributed by atoms with Crippen LogP contribution in [0.3, 0.4) is 0 Å². The molecule has 0 spiro atoms. The van der Waals surface area contributed by atoms with E-state index in [4.69, 9.17) is 17.3 Å². The van der Waals surface area contributed by atoms with Crippen molar-refractivity contribution in [3.8, 4) is 0 Å². The van der Waals surface area contributed by atoms with E-state index in [2.05, 4.69) is 23.8 Å². The van der Waals surface area contributed by atoms with E-state index in [0.29, 0.717) is 17.5 Å². The molecule has 4 nitrogen and oxygen atoms in total. The van der Waals surface area contributed by atoms with Crippen LogP contribution in [0.15, 0.2) is 6.20 Å². The Morgan fingerprint density at radius 3 is 2.69 bits per heavy atom. The van der Waals surface area contributed by atoms with Gasteiger partial charge in [0.25, 0.3) is 0 Å². The Balaban J connectivity index is 3.05. The highest BCUT2D eigenvalue weighted by molar-refractivity contribution is 6.28. The molecule has 0 aliphatic rings. The lowest BCUT2D eigenvalue weighted by molar-refractivity contribution is 0.743. The minimum atomic E-state index is 0.219. The molecule has 1 heterocycles. The number of nitrogens with two attached hydrogens (primary N) is 1. The van der Waals surface area contributed by atoms with Crippen LogP contribution in [-0.4, -0.2) is 23.1 Å². The molecule has 0 radical (unpaired) electrons. The molecule has 13 heavy (non-hydrogen) atoms. The van der Waals surface area contributed by atoms with Crippen LogP contribution in [0.5, 0.6) is 0 Å². The van der Waals surface area contributed by atoms with Crippen molar-refractivity contribution in [2.75, 3.05) is 17.7 Å². The standard InChI is InChI=1S/C8H13ClN4/c1-5(2)13(3)7-6(10)4-11-8(9)12-7/h4-5H,10H2,1-3H3. The lowest BCUT2D eigenvalue weighted by Gasteiger charge is -2.23. The van der Waals surface area contributed by atoms with Gasteiger partial charge in [-0.25, -0.2) is 4.98 Å². The summed E-state index contributed by atoms with van der Waals surface area (Å²) in [5, 5.41) is 0.219. The Bertz CT molecular complexity index is 300. The van der Waals surface area contributed by atoms with Crippen molar-refractivity contribution in [2.24, 2.45) is 0 Å². The van der Waals surface area contributed by atoms with Crippen LogP contribution in [0.1, 0.15) is 13.8 Å². The normalized spacial score (nSPS) is 10.5. The van der Waals surface area contributed by atoms with Crippen molar-refractivity contribution in [1.29, 1.82) is 0 Å². The summed E-state index contributed by atoms with van der Waals surface area (Å²) in [5.41, 5.74) is 6.25. The van der Waals surface area contributed by atoms with Gasteiger partial charge in [-0.1, -0.05) is 0 Å². The number of halogens is 1. The Morgan fingerprint density at radius 2 is 2.15 bits per heavy atom. The number of nitrogens with zero attached hydrogens (tertiary/aromatic N) is 3. The van der Waals surface area contributed by atoms with Gasteiger partial charge < -0.3 is 10.6 Å². The van der Waals surface area contributed by atoms with Crippen molar-refractivity contribution < 1.29 is 0 Å². The fourth-order valence-corrected chi connectivity index (χ4v) is 1.02. The van der Waals surface area contributed by atoms with Crippen LogP contribution in [0.4, 0.5) is 11.5 Å². The summed E-state index contributed by atoms with van der Waals surface area (Å²) in [6, 6.07) is 0.327. The van der Waals surface area contributed by atoms with Gasteiger partial charge in [0.1, 0.15) is 0 Å². The van der Waals surface area contributed by atoms with Crippen LogP contribution in [0, 0.1) is 0 Å². The molecule has 0 aromatic carbocycles. The number of anilines is 2. The Kier molecular flexibility index (Phi) is 2.93. The average molecular weight is 201 g/mol. The maximum Gasteiger partial charge on any atom is 0.224 e. The van der Waals surface area contributed by atoms with Crippen LogP contribution in [0.25, 0.3) is 0 Å². The minimum Gasteiger partial charge on any atom is -0.394 e. The summed E-state index contributed by atoms with van der Waals surface area (Å²) in [5.74, 6) is 0.676. The molecule has 0 saturated heterocycles. The van der Waals surface area contributed by atoms with Gasteiger partial charge in [0.05, 0.1) is 11.9 Å². The first-order valence-corrected chi connectivity index (χ1v) is 4.41. The van der Waals surface area contributed by atoms with Gasteiger partial charge in [0.2, 0.25) is 5.28 Å². The lowest BCUT2D eigenvalue weighted by Crippen LogP contribution is -2.27. The maximum absolute atomic E-state index is 5.70. The fraction of sp³-hybridized carbons (Fsp3) is 0.500. The molecule has 0 bridgehead atoms. The van der Waals surface area contributed by atoms with E-state index in [-0.39, 0.29) is 5.28 Å². The molecule has 0 aliphatic carbocycles. The van der Waals surface area contributed by atoms with Crippen LogP contribution in [0.2, 0.25) is 5.28 Å². The zero-order valence-corrected chi connectivity index (χ0v) is 8.71. The third kappa shape index (κ3) is 2.21. The Labute approximate surface area is 82.7 Å². The highest BCUT2D eigenvalue weighted by Gasteiger charge is 2.10. The molecule has 0 fully saturated rings. The van der Waals surface area contributed by atoms with Gasteiger partial charge in [-0.15, -0.1) is 0 Å². The fourth-order valence-electron chi connectivity index (χ4n) is 0.888. The van der Waals surface area contributed by atoms with E-state index in [1.165, 1.54) is 6.20 Å². The second-order valence-electron chi connectivity index (χ2n) is 3.12. The summed E-state index contributed by atoms with van der Waals surface area (Å²) < 4.78 is 0. The van der Waals surface area contributed by atoms with Gasteiger partial charge in [-0.2, -0.15) is 4.98 Å². The van der Waals surface area contributed by atoms with Crippen molar-refractivity contribution in [3.05, 3.63) is 11.5 Å². The van der Waals surface area contributed by atoms with Crippen LogP contribution < -0.4 is 10.6 Å². The molecule has 1 rings (SSSR count). The first-order chi connectivity index (χ1) is 6.02. The van der Waals surface area contributed by atoms with Gasteiger partial charge in [0.15, 0.2) is 5.82 Å². The molecule has 0 unspecified atom stereocenters. The van der Waals surface area contributed by atoms with Gasteiger partial charge in [0, 0.05) is 13.1 Å². The quantitative estimate of drug-likeness (QED) is 0.737. The van der Waals surface area contributed by atoms with Gasteiger partial charge in [-0.05, 0) is 25.4 Å². The third-order valence-corrected chi connectivity index (χ3v) is 2.06. The van der Waals surface area contributed by atoms with Crippen LogP contribution >= 0.6 is 11.6 Å². The Hall–Kier alpha value is -1.03. The van der Waals surface area contributed by atoms with E-state index in [0.717, 1.165) is 0 Å². The number of aromatic nitrogens is 2. The largest absolute Gasteiger partial charge is 0.394 e. The van der Waals surface area contributed by atoms with E-state index in [1.54, 1.807) is 0 Å². The molecule has 72 valence electrons. The molecule has 0 amide bonds. The number of hydrogen-bond donors (Lipinski definition) is 1. The van der Waals surface area contributed by atoms with Crippen LogP contribution in [-0.2, 0) is 0 Å². The molecule has 0 atom stereocenters. The molecular formula is C8H13ClN4.